The van der Waals surface area contributed by atoms with Crippen molar-refractivity contribution in [3.05, 3.63) is 65.5 Å². The fourth-order valence-corrected chi connectivity index (χ4v) is 4.59. The number of hydrogen-bond acceptors (Lipinski definition) is 6. The van der Waals surface area contributed by atoms with Gasteiger partial charge < -0.3 is 15.2 Å². The lowest BCUT2D eigenvalue weighted by atomic mass is 9.87. The molecule has 1 aromatic heterocycles. The highest BCUT2D eigenvalue weighted by Crippen LogP contribution is 2.26. The molecular formula is C30H39N5O3. The second kappa shape index (κ2) is 11.9. The molecule has 38 heavy (non-hydrogen) atoms. The lowest BCUT2D eigenvalue weighted by Crippen LogP contribution is -2.40. The normalized spacial score (nSPS) is 17.1. The minimum Gasteiger partial charge on any atom is -0.350 e. The third-order valence-corrected chi connectivity index (χ3v) is 7.13. The quantitative estimate of drug-likeness (QED) is 0.414. The average molecular weight is 518 g/mol. The molecule has 8 nitrogen and oxygen atoms in total. The van der Waals surface area contributed by atoms with Crippen molar-refractivity contribution in [2.24, 2.45) is 5.92 Å². The molecule has 3 aromatic rings. The zero-order valence-corrected chi connectivity index (χ0v) is 23.1. The maximum absolute atomic E-state index is 13.2. The van der Waals surface area contributed by atoms with Crippen molar-refractivity contribution in [2.75, 3.05) is 18.4 Å². The topological polar surface area (TPSA) is 100 Å². The molecule has 0 aliphatic carbocycles. The molecule has 1 saturated heterocycles. The molecule has 0 spiro atoms. The molecule has 2 amide bonds. The Morgan fingerprint density at radius 2 is 1.87 bits per heavy atom. The summed E-state index contributed by atoms with van der Waals surface area (Å²) in [5.41, 5.74) is 3.26. The first kappa shape index (κ1) is 27.5. The van der Waals surface area contributed by atoms with Gasteiger partial charge in [0.2, 0.25) is 17.6 Å². The number of nitrogens with zero attached hydrogens (tertiary/aromatic N) is 3. The molecule has 1 aliphatic heterocycles. The van der Waals surface area contributed by atoms with Crippen LogP contribution in [-0.4, -0.2) is 46.0 Å². The van der Waals surface area contributed by atoms with Crippen LogP contribution in [0.1, 0.15) is 75.7 Å². The Labute approximate surface area is 225 Å². The summed E-state index contributed by atoms with van der Waals surface area (Å²) in [6.07, 6.45) is 2.52. The van der Waals surface area contributed by atoms with Gasteiger partial charge in [-0.05, 0) is 55.8 Å². The van der Waals surface area contributed by atoms with Crippen molar-refractivity contribution >= 4 is 17.5 Å². The molecule has 1 fully saturated rings. The molecule has 0 saturated carbocycles. The van der Waals surface area contributed by atoms with Crippen molar-refractivity contribution in [1.82, 2.24) is 20.4 Å². The van der Waals surface area contributed by atoms with Gasteiger partial charge in [-0.25, -0.2) is 0 Å². The number of carbonyl (C=O) groups excluding carboxylic acids is 2. The van der Waals surface area contributed by atoms with E-state index in [1.807, 2.05) is 32.0 Å². The molecule has 8 heteroatoms. The number of aromatic nitrogens is 2. The predicted octanol–water partition coefficient (Wildman–Crippen LogP) is 5.41. The van der Waals surface area contributed by atoms with Crippen molar-refractivity contribution in [1.29, 1.82) is 0 Å². The van der Waals surface area contributed by atoms with Crippen LogP contribution in [0.15, 0.2) is 53.1 Å². The summed E-state index contributed by atoms with van der Waals surface area (Å²) in [5.74, 6) is 0.651. The van der Waals surface area contributed by atoms with E-state index < -0.39 is 0 Å². The number of carbonyl (C=O) groups is 2. The SMILES string of the molecule is CCC(C)NC(=O)c1ccccc1NC(=O)C1CCCN(Cc2nc(-c3ccc(C(C)(C)C)cc3)no2)C1. The Morgan fingerprint density at radius 3 is 2.58 bits per heavy atom. The summed E-state index contributed by atoms with van der Waals surface area (Å²) in [7, 11) is 0. The van der Waals surface area contributed by atoms with E-state index in [1.54, 1.807) is 18.2 Å². The smallest absolute Gasteiger partial charge is 0.253 e. The van der Waals surface area contributed by atoms with E-state index in [9.17, 15) is 9.59 Å². The Balaban J connectivity index is 1.37. The number of para-hydroxylation sites is 1. The van der Waals surface area contributed by atoms with Crippen LogP contribution in [0, 0.1) is 5.92 Å². The number of benzene rings is 2. The van der Waals surface area contributed by atoms with E-state index in [0.717, 1.165) is 31.4 Å². The van der Waals surface area contributed by atoms with Gasteiger partial charge in [0.15, 0.2) is 0 Å². The Kier molecular flexibility index (Phi) is 8.62. The van der Waals surface area contributed by atoms with Gasteiger partial charge in [-0.3, -0.25) is 14.5 Å². The fourth-order valence-electron chi connectivity index (χ4n) is 4.59. The summed E-state index contributed by atoms with van der Waals surface area (Å²) in [4.78, 5) is 32.7. The summed E-state index contributed by atoms with van der Waals surface area (Å²) in [6.45, 7) is 12.5. The number of amides is 2. The lowest BCUT2D eigenvalue weighted by Gasteiger charge is -2.31. The van der Waals surface area contributed by atoms with Crippen molar-refractivity contribution in [3.63, 3.8) is 0 Å². The van der Waals surface area contributed by atoms with Gasteiger partial charge in [0, 0.05) is 18.2 Å². The van der Waals surface area contributed by atoms with Crippen LogP contribution in [0.4, 0.5) is 5.69 Å². The largest absolute Gasteiger partial charge is 0.350 e. The standard InChI is InChI=1S/C30H39N5O3/c1-6-20(2)31-29(37)24-11-7-8-12-25(24)32-28(36)22-10-9-17-35(18-22)19-26-33-27(34-38-26)21-13-15-23(16-14-21)30(3,4)5/h7-8,11-16,20,22H,6,9-10,17-19H2,1-5H3,(H,31,37)(H,32,36). The first-order valence-electron chi connectivity index (χ1n) is 13.5. The maximum atomic E-state index is 13.2. The van der Waals surface area contributed by atoms with Crippen molar-refractivity contribution in [2.45, 2.75) is 71.9 Å². The van der Waals surface area contributed by atoms with Crippen LogP contribution in [0.5, 0.6) is 0 Å². The number of piperidine rings is 1. The molecular weight excluding hydrogens is 478 g/mol. The lowest BCUT2D eigenvalue weighted by molar-refractivity contribution is -0.121. The molecule has 2 N–H and O–H groups in total. The monoisotopic (exact) mass is 517 g/mol. The van der Waals surface area contributed by atoms with Crippen molar-refractivity contribution in [3.8, 4) is 11.4 Å². The third-order valence-electron chi connectivity index (χ3n) is 7.13. The van der Waals surface area contributed by atoms with Gasteiger partial charge in [-0.15, -0.1) is 0 Å². The Hall–Kier alpha value is -3.52. The number of anilines is 1. The van der Waals surface area contributed by atoms with Crippen LogP contribution >= 0.6 is 0 Å². The van der Waals surface area contributed by atoms with Gasteiger partial charge in [0.25, 0.3) is 5.91 Å². The van der Waals surface area contributed by atoms with E-state index in [1.165, 1.54) is 5.56 Å². The fraction of sp³-hybridized carbons (Fsp3) is 0.467. The van der Waals surface area contributed by atoms with Gasteiger partial charge in [-0.2, -0.15) is 4.98 Å². The molecule has 0 radical (unpaired) electrons. The molecule has 202 valence electrons. The van der Waals surface area contributed by atoms with E-state index in [4.69, 9.17) is 4.52 Å². The van der Waals surface area contributed by atoms with E-state index >= 15 is 0 Å². The molecule has 2 heterocycles. The Morgan fingerprint density at radius 1 is 1.13 bits per heavy atom. The predicted molar refractivity (Wildman–Crippen MR) is 149 cm³/mol. The zero-order chi connectivity index (χ0) is 27.3. The second-order valence-corrected chi connectivity index (χ2v) is 11.2. The third kappa shape index (κ3) is 6.86. The molecule has 2 atom stereocenters. The van der Waals surface area contributed by atoms with Crippen LogP contribution in [0.25, 0.3) is 11.4 Å². The average Bonchev–Trinajstić information content (AvgIpc) is 3.37. The van der Waals surface area contributed by atoms with Gasteiger partial charge >= 0.3 is 0 Å². The highest BCUT2D eigenvalue weighted by Gasteiger charge is 2.28. The Bertz CT molecular complexity index is 1250. The summed E-state index contributed by atoms with van der Waals surface area (Å²) in [6, 6.07) is 15.5. The molecule has 2 unspecified atom stereocenters. The van der Waals surface area contributed by atoms with Gasteiger partial charge in [-0.1, -0.05) is 69.2 Å². The highest BCUT2D eigenvalue weighted by molar-refractivity contribution is 6.04. The minimum atomic E-state index is -0.193. The first-order chi connectivity index (χ1) is 18.1. The van der Waals surface area contributed by atoms with Crippen molar-refractivity contribution < 1.29 is 14.1 Å². The minimum absolute atomic E-state index is 0.0613. The molecule has 4 rings (SSSR count). The van der Waals surface area contributed by atoms with E-state index in [2.05, 4.69) is 58.6 Å². The van der Waals surface area contributed by atoms with Crippen LogP contribution in [0.3, 0.4) is 0 Å². The number of hydrogen-bond donors (Lipinski definition) is 2. The molecule has 0 bridgehead atoms. The van der Waals surface area contributed by atoms with Gasteiger partial charge in [0.1, 0.15) is 0 Å². The molecule has 2 aromatic carbocycles. The van der Waals surface area contributed by atoms with Crippen LogP contribution in [-0.2, 0) is 16.8 Å². The van der Waals surface area contributed by atoms with Gasteiger partial charge in [0.05, 0.1) is 23.7 Å². The second-order valence-electron chi connectivity index (χ2n) is 11.2. The van der Waals surface area contributed by atoms with Crippen LogP contribution in [0.2, 0.25) is 0 Å². The molecule has 1 aliphatic rings. The summed E-state index contributed by atoms with van der Waals surface area (Å²) in [5, 5.41) is 10.2. The zero-order valence-electron chi connectivity index (χ0n) is 23.1. The van der Waals surface area contributed by atoms with Crippen LogP contribution < -0.4 is 10.6 Å². The van der Waals surface area contributed by atoms with E-state index in [0.29, 0.717) is 36.1 Å². The highest BCUT2D eigenvalue weighted by atomic mass is 16.5. The first-order valence-corrected chi connectivity index (χ1v) is 13.5. The maximum Gasteiger partial charge on any atom is 0.253 e. The van der Waals surface area contributed by atoms with E-state index in [-0.39, 0.29) is 29.2 Å². The summed E-state index contributed by atoms with van der Waals surface area (Å²) < 4.78 is 5.55. The number of rotatable bonds is 8. The number of nitrogens with one attached hydrogen (secondary N) is 2. The summed E-state index contributed by atoms with van der Waals surface area (Å²) >= 11 is 0. The number of likely N-dealkylation sites (tertiary alicyclic amines) is 1.